The molecule has 1 aliphatic heterocycles. The number of hydrogen-bond donors (Lipinski definition) is 0. The first-order valence-corrected chi connectivity index (χ1v) is 11.3. The number of fused-ring (bicyclic) bond motifs is 1. The highest BCUT2D eigenvalue weighted by Gasteiger charge is 2.29. The van der Waals surface area contributed by atoms with Crippen LogP contribution in [0.2, 0.25) is 0 Å². The summed E-state index contributed by atoms with van der Waals surface area (Å²) in [6.45, 7) is 4.74. The lowest BCUT2D eigenvalue weighted by Gasteiger charge is -2.32. The van der Waals surface area contributed by atoms with Crippen LogP contribution < -0.4 is 0 Å². The lowest BCUT2D eigenvalue weighted by molar-refractivity contribution is -0.0241. The van der Waals surface area contributed by atoms with E-state index in [9.17, 15) is 4.79 Å². The van der Waals surface area contributed by atoms with E-state index in [1.54, 1.807) is 28.8 Å². The van der Waals surface area contributed by atoms with Gasteiger partial charge in [-0.25, -0.2) is 23.5 Å². The van der Waals surface area contributed by atoms with Crippen LogP contribution in [0, 0.1) is 25.5 Å². The molecule has 182 valence electrons. The lowest BCUT2D eigenvalue weighted by Crippen LogP contribution is -2.46. The van der Waals surface area contributed by atoms with Crippen molar-refractivity contribution < 1.29 is 23.0 Å². The first kappa shape index (κ1) is 23.0. The molecule has 4 heterocycles. The largest absolute Gasteiger partial charge is 0.453 e. The Kier molecular flexibility index (Phi) is 5.98. The summed E-state index contributed by atoms with van der Waals surface area (Å²) in [6, 6.07) is 6.32. The van der Waals surface area contributed by atoms with E-state index >= 15 is 8.78 Å². The van der Waals surface area contributed by atoms with Gasteiger partial charge in [0, 0.05) is 31.6 Å². The van der Waals surface area contributed by atoms with E-state index in [-0.39, 0.29) is 17.4 Å². The van der Waals surface area contributed by atoms with E-state index in [1.807, 2.05) is 29.7 Å². The summed E-state index contributed by atoms with van der Waals surface area (Å²) in [6.07, 6.45) is 4.53. The number of morpholine rings is 1. The number of imidazole rings is 2. The molecule has 1 amide bonds. The highest BCUT2D eigenvalue weighted by atomic mass is 19.1. The fourth-order valence-corrected chi connectivity index (χ4v) is 4.52. The smallest absolute Gasteiger partial charge is 0.409 e. The molecule has 0 radical (unpaired) electrons. The SMILES string of the molecule is COC(=O)N1CCO[C@@H](Cc2c(-c3c(F)cc(-n4ccnc4C)cc3F)nc3cc(C)ccn23)C1. The van der Waals surface area contributed by atoms with Crippen molar-refractivity contribution in [2.75, 3.05) is 26.8 Å². The van der Waals surface area contributed by atoms with Crippen molar-refractivity contribution in [1.29, 1.82) is 0 Å². The van der Waals surface area contributed by atoms with Gasteiger partial charge < -0.3 is 23.3 Å². The van der Waals surface area contributed by atoms with Crippen LogP contribution in [0.4, 0.5) is 13.6 Å². The van der Waals surface area contributed by atoms with E-state index in [2.05, 4.69) is 9.97 Å². The van der Waals surface area contributed by atoms with Crippen LogP contribution in [-0.2, 0) is 15.9 Å². The fraction of sp³-hybridized carbons (Fsp3) is 0.320. The Balaban J connectivity index is 1.59. The zero-order valence-electron chi connectivity index (χ0n) is 19.7. The molecular formula is C25H25F2N5O3. The number of aryl methyl sites for hydroxylation is 2. The molecule has 4 aromatic rings. The van der Waals surface area contributed by atoms with Gasteiger partial charge in [0.1, 0.15) is 23.1 Å². The number of carbonyl (C=O) groups is 1. The number of ether oxygens (including phenoxy) is 2. The average Bonchev–Trinajstić information content (AvgIpc) is 3.41. The van der Waals surface area contributed by atoms with Gasteiger partial charge in [0.15, 0.2) is 0 Å². The summed E-state index contributed by atoms with van der Waals surface area (Å²) in [5.41, 5.74) is 2.48. The van der Waals surface area contributed by atoms with Crippen LogP contribution in [0.1, 0.15) is 17.1 Å². The predicted molar refractivity (Wildman–Crippen MR) is 125 cm³/mol. The summed E-state index contributed by atoms with van der Waals surface area (Å²) in [7, 11) is 1.33. The topological polar surface area (TPSA) is 73.9 Å². The number of rotatable bonds is 4. The molecule has 1 saturated heterocycles. The van der Waals surface area contributed by atoms with Crippen LogP contribution in [-0.4, -0.2) is 62.8 Å². The van der Waals surface area contributed by atoms with Crippen molar-refractivity contribution in [1.82, 2.24) is 23.8 Å². The lowest BCUT2D eigenvalue weighted by atomic mass is 10.0. The molecule has 0 unspecified atom stereocenters. The Hall–Kier alpha value is -3.79. The highest BCUT2D eigenvalue weighted by Crippen LogP contribution is 2.33. The molecule has 10 heteroatoms. The van der Waals surface area contributed by atoms with Crippen molar-refractivity contribution in [3.63, 3.8) is 0 Å². The zero-order valence-corrected chi connectivity index (χ0v) is 19.7. The molecule has 0 saturated carbocycles. The van der Waals surface area contributed by atoms with E-state index in [4.69, 9.17) is 9.47 Å². The number of methoxy groups -OCH3 is 1. The molecule has 1 aromatic carbocycles. The first-order valence-electron chi connectivity index (χ1n) is 11.3. The second kappa shape index (κ2) is 9.10. The van der Waals surface area contributed by atoms with Gasteiger partial charge in [0.2, 0.25) is 0 Å². The van der Waals surface area contributed by atoms with Crippen LogP contribution in [0.15, 0.2) is 42.9 Å². The van der Waals surface area contributed by atoms with Gasteiger partial charge in [-0.3, -0.25) is 0 Å². The van der Waals surface area contributed by atoms with Crippen LogP contribution in [0.3, 0.4) is 0 Å². The Bertz CT molecular complexity index is 1390. The van der Waals surface area contributed by atoms with Crippen molar-refractivity contribution in [3.8, 4) is 16.9 Å². The maximum Gasteiger partial charge on any atom is 0.409 e. The van der Waals surface area contributed by atoms with Crippen molar-refractivity contribution >= 4 is 11.7 Å². The molecule has 8 nitrogen and oxygen atoms in total. The molecule has 0 bridgehead atoms. The average molecular weight is 482 g/mol. The first-order chi connectivity index (χ1) is 16.9. The van der Waals surface area contributed by atoms with E-state index in [1.165, 1.54) is 19.2 Å². The zero-order chi connectivity index (χ0) is 24.7. The predicted octanol–water partition coefficient (Wildman–Crippen LogP) is 4.09. The van der Waals surface area contributed by atoms with Gasteiger partial charge in [-0.2, -0.15) is 0 Å². The molecule has 3 aromatic heterocycles. The minimum absolute atomic E-state index is 0.205. The molecular weight excluding hydrogens is 456 g/mol. The van der Waals surface area contributed by atoms with Crippen molar-refractivity contribution in [2.45, 2.75) is 26.4 Å². The van der Waals surface area contributed by atoms with Gasteiger partial charge in [-0.1, -0.05) is 0 Å². The molecule has 0 aliphatic carbocycles. The van der Waals surface area contributed by atoms with Crippen LogP contribution in [0.25, 0.3) is 22.6 Å². The number of nitrogens with zero attached hydrogens (tertiary/aromatic N) is 5. The molecule has 5 rings (SSSR count). The van der Waals surface area contributed by atoms with E-state index < -0.39 is 17.7 Å². The summed E-state index contributed by atoms with van der Waals surface area (Å²) in [4.78, 5) is 22.3. The van der Waals surface area contributed by atoms with E-state index in [0.29, 0.717) is 49.0 Å². The Morgan fingerprint density at radius 3 is 2.66 bits per heavy atom. The number of hydrogen-bond acceptors (Lipinski definition) is 5. The van der Waals surface area contributed by atoms with Crippen molar-refractivity contribution in [2.24, 2.45) is 0 Å². The van der Waals surface area contributed by atoms with Gasteiger partial charge in [-0.05, 0) is 43.7 Å². The maximum atomic E-state index is 15.5. The Morgan fingerprint density at radius 2 is 1.97 bits per heavy atom. The van der Waals surface area contributed by atoms with E-state index in [0.717, 1.165) is 5.56 Å². The van der Waals surface area contributed by atoms with Gasteiger partial charge >= 0.3 is 6.09 Å². The standard InChI is InChI=1S/C25H25F2N5O3/c1-15-4-6-32-21(13-18-14-30(8-9-35-18)25(33)34-3)24(29-22(32)10-15)23-19(26)11-17(12-20(23)27)31-7-5-28-16(31)2/h4-7,10-12,18H,8-9,13-14H2,1-3H3/t18-/m0/s1. The quantitative estimate of drug-likeness (QED) is 0.439. The molecule has 1 aliphatic rings. The molecule has 0 spiro atoms. The summed E-state index contributed by atoms with van der Waals surface area (Å²) >= 11 is 0. The molecule has 1 fully saturated rings. The van der Waals surface area contributed by atoms with Gasteiger partial charge in [0.25, 0.3) is 0 Å². The third kappa shape index (κ3) is 4.25. The fourth-order valence-electron chi connectivity index (χ4n) is 4.52. The third-order valence-corrected chi connectivity index (χ3v) is 6.24. The molecule has 0 N–H and O–H groups in total. The maximum absolute atomic E-state index is 15.5. The van der Waals surface area contributed by atoms with Gasteiger partial charge in [0.05, 0.1) is 49.0 Å². The summed E-state index contributed by atoms with van der Waals surface area (Å²) in [5.74, 6) is -0.837. The second-order valence-electron chi connectivity index (χ2n) is 8.58. The second-order valence-corrected chi connectivity index (χ2v) is 8.58. The summed E-state index contributed by atoms with van der Waals surface area (Å²) in [5, 5.41) is 0. The van der Waals surface area contributed by atoms with Crippen LogP contribution >= 0.6 is 0 Å². The summed E-state index contributed by atoms with van der Waals surface area (Å²) < 4.78 is 45.1. The van der Waals surface area contributed by atoms with Crippen molar-refractivity contribution in [3.05, 3.63) is 71.6 Å². The highest BCUT2D eigenvalue weighted by molar-refractivity contribution is 5.70. The number of benzene rings is 1. The van der Waals surface area contributed by atoms with Crippen LogP contribution in [0.5, 0.6) is 0 Å². The number of halogens is 2. The minimum atomic E-state index is -0.727. The number of carbonyl (C=O) groups excluding carboxylic acids is 1. The monoisotopic (exact) mass is 481 g/mol. The number of aromatic nitrogens is 4. The van der Waals surface area contributed by atoms with Gasteiger partial charge in [-0.15, -0.1) is 0 Å². The molecule has 35 heavy (non-hydrogen) atoms. The molecule has 1 atom stereocenters. The third-order valence-electron chi connectivity index (χ3n) is 6.24. The Morgan fingerprint density at radius 1 is 1.20 bits per heavy atom. The number of pyridine rings is 1. The minimum Gasteiger partial charge on any atom is -0.453 e. The normalized spacial score (nSPS) is 16.1. The number of amides is 1. The Labute approximate surface area is 200 Å².